The number of halogens is 1. The number of imidazole rings is 1. The molecule has 0 aliphatic heterocycles. The number of rotatable bonds is 2. The zero-order valence-corrected chi connectivity index (χ0v) is 12.8. The number of nitrogens with zero attached hydrogens (tertiary/aromatic N) is 6. The average molecular weight is 314 g/mol. The van der Waals surface area contributed by atoms with E-state index in [9.17, 15) is 5.26 Å². The second kappa shape index (κ2) is 5.24. The molecule has 0 saturated carbocycles. The van der Waals surface area contributed by atoms with Crippen molar-refractivity contribution in [3.05, 3.63) is 40.1 Å². The van der Waals surface area contributed by atoms with E-state index < -0.39 is 0 Å². The van der Waals surface area contributed by atoms with Crippen LogP contribution in [0.1, 0.15) is 22.4 Å². The Morgan fingerprint density at radius 3 is 2.82 bits per heavy atom. The van der Waals surface area contributed by atoms with E-state index in [1.54, 1.807) is 17.1 Å². The Hall–Kier alpha value is -2.72. The molecule has 0 fully saturated rings. The first-order valence-electron chi connectivity index (χ1n) is 6.50. The van der Waals surface area contributed by atoms with Crippen LogP contribution in [0.4, 0.5) is 5.95 Å². The number of pyridine rings is 1. The van der Waals surface area contributed by atoms with Crippen molar-refractivity contribution in [1.29, 1.82) is 5.26 Å². The van der Waals surface area contributed by atoms with Gasteiger partial charge in [0.2, 0.25) is 5.95 Å². The molecule has 0 unspecified atom stereocenters. The molecule has 0 bridgehead atoms. The van der Waals surface area contributed by atoms with Gasteiger partial charge in [-0.1, -0.05) is 11.6 Å². The maximum atomic E-state index is 9.24. The summed E-state index contributed by atoms with van der Waals surface area (Å²) in [7, 11) is 0. The summed E-state index contributed by atoms with van der Waals surface area (Å²) in [6.45, 7) is 4.16. The predicted octanol–water partition coefficient (Wildman–Crippen LogP) is 1.99. The SMILES string of the molecule is Cc1cnc(Cn2cnc3c(Cl)nc(N)nc32)c(C)c1C#N. The summed E-state index contributed by atoms with van der Waals surface area (Å²) in [6, 6.07) is 2.21. The van der Waals surface area contributed by atoms with Crippen molar-refractivity contribution in [3.8, 4) is 6.07 Å². The van der Waals surface area contributed by atoms with Gasteiger partial charge >= 0.3 is 0 Å². The lowest BCUT2D eigenvalue weighted by Crippen LogP contribution is -2.07. The van der Waals surface area contributed by atoms with E-state index in [0.717, 1.165) is 16.8 Å². The fourth-order valence-electron chi connectivity index (χ4n) is 2.31. The molecule has 0 radical (unpaired) electrons. The summed E-state index contributed by atoms with van der Waals surface area (Å²) in [6.07, 6.45) is 3.30. The van der Waals surface area contributed by atoms with E-state index in [1.165, 1.54) is 0 Å². The molecule has 3 aromatic heterocycles. The van der Waals surface area contributed by atoms with Gasteiger partial charge in [-0.15, -0.1) is 0 Å². The molecule has 2 N–H and O–H groups in total. The lowest BCUT2D eigenvalue weighted by atomic mass is 10.0. The third kappa shape index (κ3) is 2.23. The number of hydrogen-bond donors (Lipinski definition) is 1. The van der Waals surface area contributed by atoms with Crippen LogP contribution in [0.15, 0.2) is 12.5 Å². The van der Waals surface area contributed by atoms with Crippen LogP contribution in [0.25, 0.3) is 11.2 Å². The monoisotopic (exact) mass is 313 g/mol. The van der Waals surface area contributed by atoms with E-state index >= 15 is 0 Å². The Labute approximate surface area is 131 Å². The topological polar surface area (TPSA) is 106 Å². The molecule has 3 heterocycles. The lowest BCUT2D eigenvalue weighted by molar-refractivity contribution is 0.779. The molecule has 110 valence electrons. The minimum Gasteiger partial charge on any atom is -0.368 e. The number of nitriles is 1. The molecule has 8 heteroatoms. The second-order valence-corrected chi connectivity index (χ2v) is 5.28. The Balaban J connectivity index is 2.10. The smallest absolute Gasteiger partial charge is 0.223 e. The number of aryl methyl sites for hydroxylation is 1. The van der Waals surface area contributed by atoms with Gasteiger partial charge in [0.25, 0.3) is 0 Å². The molecule has 22 heavy (non-hydrogen) atoms. The van der Waals surface area contributed by atoms with Crippen molar-refractivity contribution in [1.82, 2.24) is 24.5 Å². The first kappa shape index (κ1) is 14.2. The van der Waals surface area contributed by atoms with Crippen LogP contribution in [0.5, 0.6) is 0 Å². The van der Waals surface area contributed by atoms with Crippen LogP contribution < -0.4 is 5.73 Å². The number of aromatic nitrogens is 5. The van der Waals surface area contributed by atoms with Crippen molar-refractivity contribution >= 4 is 28.7 Å². The van der Waals surface area contributed by atoms with Gasteiger partial charge in [-0.3, -0.25) is 4.98 Å². The summed E-state index contributed by atoms with van der Waals surface area (Å²) in [5, 5.41) is 9.46. The van der Waals surface area contributed by atoms with Crippen LogP contribution in [-0.2, 0) is 6.54 Å². The lowest BCUT2D eigenvalue weighted by Gasteiger charge is -2.09. The van der Waals surface area contributed by atoms with Gasteiger partial charge in [-0.25, -0.2) is 4.98 Å². The maximum Gasteiger partial charge on any atom is 0.223 e. The van der Waals surface area contributed by atoms with Crippen molar-refractivity contribution in [3.63, 3.8) is 0 Å². The Kier molecular flexibility index (Phi) is 3.39. The van der Waals surface area contributed by atoms with Crippen LogP contribution >= 0.6 is 11.6 Å². The van der Waals surface area contributed by atoms with Gasteiger partial charge in [0.1, 0.15) is 5.52 Å². The van der Waals surface area contributed by atoms with Crippen LogP contribution in [0.2, 0.25) is 5.15 Å². The molecule has 0 atom stereocenters. The average Bonchev–Trinajstić information content (AvgIpc) is 2.86. The first-order chi connectivity index (χ1) is 10.5. The second-order valence-electron chi connectivity index (χ2n) is 4.92. The van der Waals surface area contributed by atoms with Crippen LogP contribution in [-0.4, -0.2) is 24.5 Å². The summed E-state index contributed by atoms with van der Waals surface area (Å²) in [4.78, 5) is 16.7. The van der Waals surface area contributed by atoms with Gasteiger partial charge in [0, 0.05) is 6.20 Å². The van der Waals surface area contributed by atoms with E-state index in [2.05, 4.69) is 26.0 Å². The number of anilines is 1. The van der Waals surface area contributed by atoms with Gasteiger partial charge in [0.15, 0.2) is 10.8 Å². The third-order valence-electron chi connectivity index (χ3n) is 3.49. The number of fused-ring (bicyclic) bond motifs is 1. The maximum absolute atomic E-state index is 9.24. The molecule has 0 aromatic carbocycles. The van der Waals surface area contributed by atoms with E-state index in [-0.39, 0.29) is 11.1 Å². The van der Waals surface area contributed by atoms with E-state index in [4.69, 9.17) is 17.3 Å². The van der Waals surface area contributed by atoms with Crippen molar-refractivity contribution < 1.29 is 0 Å². The molecule has 7 nitrogen and oxygen atoms in total. The molecule has 0 aliphatic carbocycles. The third-order valence-corrected chi connectivity index (χ3v) is 3.75. The van der Waals surface area contributed by atoms with Gasteiger partial charge < -0.3 is 10.3 Å². The molecular weight excluding hydrogens is 302 g/mol. The largest absolute Gasteiger partial charge is 0.368 e. The predicted molar refractivity (Wildman–Crippen MR) is 82.3 cm³/mol. The number of nitrogens with two attached hydrogens (primary N) is 1. The van der Waals surface area contributed by atoms with Crippen LogP contribution in [0.3, 0.4) is 0 Å². The summed E-state index contributed by atoms with van der Waals surface area (Å²) in [5.74, 6) is 0.0885. The van der Waals surface area contributed by atoms with Crippen molar-refractivity contribution in [2.45, 2.75) is 20.4 Å². The van der Waals surface area contributed by atoms with Gasteiger partial charge in [-0.2, -0.15) is 15.2 Å². The van der Waals surface area contributed by atoms with E-state index in [0.29, 0.717) is 23.3 Å². The molecule has 0 spiro atoms. The molecule has 0 saturated heterocycles. The highest BCUT2D eigenvalue weighted by molar-refractivity contribution is 6.33. The highest BCUT2D eigenvalue weighted by Gasteiger charge is 2.14. The summed E-state index contributed by atoms with van der Waals surface area (Å²) in [5.41, 5.74) is 9.78. The Morgan fingerprint density at radius 1 is 1.32 bits per heavy atom. The van der Waals surface area contributed by atoms with E-state index in [1.807, 2.05) is 13.8 Å². The zero-order valence-electron chi connectivity index (χ0n) is 12.0. The number of nitrogen functional groups attached to an aromatic ring is 1. The quantitative estimate of drug-likeness (QED) is 0.725. The van der Waals surface area contributed by atoms with Crippen LogP contribution in [0, 0.1) is 25.2 Å². The molecule has 3 aromatic rings. The van der Waals surface area contributed by atoms with Gasteiger partial charge in [0.05, 0.1) is 30.2 Å². The fourth-order valence-corrected chi connectivity index (χ4v) is 2.53. The molecule has 0 aliphatic rings. The standard InChI is InChI=1S/C14H12ClN7/c1-7-4-18-10(8(2)9(7)3-16)5-22-6-19-11-12(15)20-14(17)21-13(11)22/h4,6H,5H2,1-2H3,(H2,17,20,21). The van der Waals surface area contributed by atoms with Gasteiger partial charge in [-0.05, 0) is 25.0 Å². The number of hydrogen-bond acceptors (Lipinski definition) is 6. The molecule has 3 rings (SSSR count). The van der Waals surface area contributed by atoms with Crippen molar-refractivity contribution in [2.24, 2.45) is 0 Å². The zero-order chi connectivity index (χ0) is 15.9. The highest BCUT2D eigenvalue weighted by atomic mass is 35.5. The minimum absolute atomic E-state index is 0.0885. The Morgan fingerprint density at radius 2 is 2.09 bits per heavy atom. The normalized spacial score (nSPS) is 10.8. The van der Waals surface area contributed by atoms with Crippen molar-refractivity contribution in [2.75, 3.05) is 5.73 Å². The molecular formula is C14H12ClN7. The highest BCUT2D eigenvalue weighted by Crippen LogP contribution is 2.21. The Bertz CT molecular complexity index is 923. The molecule has 0 amide bonds. The summed E-state index contributed by atoms with van der Waals surface area (Å²) < 4.78 is 1.78. The summed E-state index contributed by atoms with van der Waals surface area (Å²) >= 11 is 6.01. The minimum atomic E-state index is 0.0885. The first-order valence-corrected chi connectivity index (χ1v) is 6.88. The fraction of sp³-hybridized carbons (Fsp3) is 0.214.